The molecule has 0 aliphatic carbocycles. The van der Waals surface area contributed by atoms with Crippen molar-refractivity contribution in [2.75, 3.05) is 0 Å². The molecule has 0 aliphatic heterocycles. The summed E-state index contributed by atoms with van der Waals surface area (Å²) in [5.41, 5.74) is -1.40. The van der Waals surface area contributed by atoms with Crippen molar-refractivity contribution in [2.24, 2.45) is 5.41 Å². The van der Waals surface area contributed by atoms with Gasteiger partial charge in [0, 0.05) is 0 Å². The molecule has 0 bridgehead atoms. The minimum Gasteiger partial charge on any atom is -0.480 e. The fraction of sp³-hybridized carbons (Fsp3) is 0.600. The van der Waals surface area contributed by atoms with E-state index in [1.165, 1.54) is 12.3 Å². The van der Waals surface area contributed by atoms with E-state index in [1.54, 1.807) is 20.8 Å². The summed E-state index contributed by atoms with van der Waals surface area (Å²) in [7, 11) is 0. The summed E-state index contributed by atoms with van der Waals surface area (Å²) in [6, 6.07) is 0. The Bertz CT molecular complexity index is 239. The van der Waals surface area contributed by atoms with Gasteiger partial charge in [-0.05, 0) is 19.8 Å². The van der Waals surface area contributed by atoms with Gasteiger partial charge in [0.2, 0.25) is 0 Å². The number of aliphatic carboxylic acids is 1. The Kier molecular flexibility index (Phi) is 4.91. The van der Waals surface area contributed by atoms with Crippen molar-refractivity contribution in [1.29, 1.82) is 0 Å². The molecule has 0 aromatic heterocycles. The van der Waals surface area contributed by atoms with E-state index in [1.807, 2.05) is 0 Å². The fourth-order valence-electron chi connectivity index (χ4n) is 1.17. The third-order valence-corrected chi connectivity index (χ3v) is 2.32. The zero-order chi connectivity index (χ0) is 11.2. The highest BCUT2D eigenvalue weighted by Gasteiger charge is 2.44. The Morgan fingerprint density at radius 2 is 1.86 bits per heavy atom. The maximum absolute atomic E-state index is 11.5. The maximum atomic E-state index is 11.5. The number of hydrogen-bond donors (Lipinski definition) is 1. The van der Waals surface area contributed by atoms with Crippen LogP contribution in [0.25, 0.3) is 0 Å². The summed E-state index contributed by atoms with van der Waals surface area (Å²) in [5.74, 6) is -1.83. The molecule has 80 valence electrons. The first-order valence-electron chi connectivity index (χ1n) is 4.60. The molecule has 0 spiro atoms. The lowest BCUT2D eigenvalue weighted by molar-refractivity contribution is -0.165. The van der Waals surface area contributed by atoms with Crippen LogP contribution in [0.5, 0.6) is 0 Å². The average molecular weight is 200 g/mol. The molecule has 4 nitrogen and oxygen atoms in total. The SMILES string of the molecule is CC=COC(=O)C(CC)(CC)C(=O)O. The summed E-state index contributed by atoms with van der Waals surface area (Å²) in [6.07, 6.45) is 3.20. The van der Waals surface area contributed by atoms with Crippen molar-refractivity contribution in [3.05, 3.63) is 12.3 Å². The van der Waals surface area contributed by atoms with E-state index in [0.29, 0.717) is 0 Å². The summed E-state index contributed by atoms with van der Waals surface area (Å²) in [4.78, 5) is 22.4. The molecule has 0 aromatic rings. The molecule has 4 heteroatoms. The molecule has 0 fully saturated rings. The number of carbonyl (C=O) groups is 2. The Morgan fingerprint density at radius 3 is 2.14 bits per heavy atom. The van der Waals surface area contributed by atoms with Gasteiger partial charge in [-0.15, -0.1) is 0 Å². The third kappa shape index (κ3) is 2.34. The van der Waals surface area contributed by atoms with Crippen molar-refractivity contribution in [2.45, 2.75) is 33.6 Å². The van der Waals surface area contributed by atoms with E-state index in [-0.39, 0.29) is 12.8 Å². The number of rotatable bonds is 5. The Hall–Kier alpha value is -1.32. The predicted molar refractivity (Wildman–Crippen MR) is 51.6 cm³/mol. The summed E-state index contributed by atoms with van der Waals surface area (Å²) >= 11 is 0. The molecule has 0 amide bonds. The van der Waals surface area contributed by atoms with E-state index >= 15 is 0 Å². The van der Waals surface area contributed by atoms with Crippen LogP contribution in [0, 0.1) is 5.41 Å². The molecule has 0 rings (SSSR count). The molecule has 0 aromatic carbocycles. The summed E-state index contributed by atoms with van der Waals surface area (Å²) in [6.45, 7) is 5.01. The largest absolute Gasteiger partial charge is 0.480 e. The van der Waals surface area contributed by atoms with Gasteiger partial charge in [0.05, 0.1) is 6.26 Å². The molecule has 0 saturated carbocycles. The van der Waals surface area contributed by atoms with Crippen LogP contribution in [-0.2, 0) is 14.3 Å². The number of allylic oxidation sites excluding steroid dienone is 1. The first kappa shape index (κ1) is 12.7. The number of carboxylic acids is 1. The molecule has 0 aliphatic rings. The van der Waals surface area contributed by atoms with Crippen molar-refractivity contribution >= 4 is 11.9 Å². The lowest BCUT2D eigenvalue weighted by Gasteiger charge is -2.22. The molecule has 0 atom stereocenters. The molecular formula is C10H16O4. The van der Waals surface area contributed by atoms with Crippen LogP contribution < -0.4 is 0 Å². The number of hydrogen-bond acceptors (Lipinski definition) is 3. The molecule has 14 heavy (non-hydrogen) atoms. The first-order valence-corrected chi connectivity index (χ1v) is 4.60. The molecule has 0 radical (unpaired) electrons. The van der Waals surface area contributed by atoms with Crippen molar-refractivity contribution in [3.8, 4) is 0 Å². The molecule has 0 unspecified atom stereocenters. The van der Waals surface area contributed by atoms with Gasteiger partial charge >= 0.3 is 11.9 Å². The second kappa shape index (κ2) is 5.42. The van der Waals surface area contributed by atoms with E-state index in [0.717, 1.165) is 0 Å². The quantitative estimate of drug-likeness (QED) is 0.418. The molecule has 0 saturated heterocycles. The fourth-order valence-corrected chi connectivity index (χ4v) is 1.17. The maximum Gasteiger partial charge on any atom is 0.328 e. The van der Waals surface area contributed by atoms with Crippen molar-refractivity contribution < 1.29 is 19.4 Å². The van der Waals surface area contributed by atoms with Gasteiger partial charge in [0.1, 0.15) is 0 Å². The van der Waals surface area contributed by atoms with Crippen LogP contribution in [0.2, 0.25) is 0 Å². The number of carboxylic acid groups (broad SMARTS) is 1. The van der Waals surface area contributed by atoms with Crippen LogP contribution >= 0.6 is 0 Å². The highest BCUT2D eigenvalue weighted by Crippen LogP contribution is 2.28. The van der Waals surface area contributed by atoms with Crippen LogP contribution in [0.3, 0.4) is 0 Å². The van der Waals surface area contributed by atoms with Gasteiger partial charge in [-0.25, -0.2) is 0 Å². The van der Waals surface area contributed by atoms with Crippen LogP contribution in [0.1, 0.15) is 33.6 Å². The lowest BCUT2D eigenvalue weighted by Crippen LogP contribution is -2.38. The summed E-state index contributed by atoms with van der Waals surface area (Å²) < 4.78 is 4.70. The number of carbonyl (C=O) groups excluding carboxylic acids is 1. The lowest BCUT2D eigenvalue weighted by atomic mass is 9.82. The van der Waals surface area contributed by atoms with Gasteiger partial charge in [-0.1, -0.05) is 19.9 Å². The topological polar surface area (TPSA) is 63.6 Å². The second-order valence-electron chi connectivity index (χ2n) is 2.97. The molecule has 0 heterocycles. The first-order chi connectivity index (χ1) is 6.55. The van der Waals surface area contributed by atoms with E-state index in [9.17, 15) is 9.59 Å². The van der Waals surface area contributed by atoms with Gasteiger partial charge in [0.15, 0.2) is 5.41 Å². The second-order valence-corrected chi connectivity index (χ2v) is 2.97. The highest BCUT2D eigenvalue weighted by atomic mass is 16.5. The predicted octanol–water partition coefficient (Wildman–Crippen LogP) is 1.95. The smallest absolute Gasteiger partial charge is 0.328 e. The van der Waals surface area contributed by atoms with Crippen LogP contribution in [-0.4, -0.2) is 17.0 Å². The van der Waals surface area contributed by atoms with E-state index < -0.39 is 17.4 Å². The highest BCUT2D eigenvalue weighted by molar-refractivity contribution is 5.99. The van der Waals surface area contributed by atoms with Crippen molar-refractivity contribution in [3.63, 3.8) is 0 Å². The average Bonchev–Trinajstić information content (AvgIpc) is 2.17. The summed E-state index contributed by atoms with van der Waals surface area (Å²) in [5, 5.41) is 8.97. The van der Waals surface area contributed by atoms with Gasteiger partial charge in [0.25, 0.3) is 0 Å². The minimum absolute atomic E-state index is 0.231. The normalized spacial score (nSPS) is 11.6. The van der Waals surface area contributed by atoms with Gasteiger partial charge < -0.3 is 9.84 Å². The number of ether oxygens (including phenoxy) is 1. The number of esters is 1. The Morgan fingerprint density at radius 1 is 1.36 bits per heavy atom. The monoisotopic (exact) mass is 200 g/mol. The van der Waals surface area contributed by atoms with Gasteiger partial charge in [-0.3, -0.25) is 9.59 Å². The zero-order valence-corrected chi connectivity index (χ0v) is 8.74. The third-order valence-electron chi connectivity index (χ3n) is 2.32. The van der Waals surface area contributed by atoms with E-state index in [4.69, 9.17) is 9.84 Å². The standard InChI is InChI=1S/C10H16O4/c1-4-7-14-9(13)10(5-2,6-3)8(11)12/h4,7H,5-6H2,1-3H3,(H,11,12). The van der Waals surface area contributed by atoms with E-state index in [2.05, 4.69) is 0 Å². The van der Waals surface area contributed by atoms with Gasteiger partial charge in [-0.2, -0.15) is 0 Å². The zero-order valence-electron chi connectivity index (χ0n) is 8.74. The van der Waals surface area contributed by atoms with Crippen molar-refractivity contribution in [1.82, 2.24) is 0 Å². The molecule has 1 N–H and O–H groups in total. The van der Waals surface area contributed by atoms with Crippen LogP contribution in [0.4, 0.5) is 0 Å². The minimum atomic E-state index is -1.40. The molecular weight excluding hydrogens is 184 g/mol. The van der Waals surface area contributed by atoms with Crippen LogP contribution in [0.15, 0.2) is 12.3 Å². The Labute approximate surface area is 83.6 Å². The Balaban J connectivity index is 4.80.